The van der Waals surface area contributed by atoms with Gasteiger partial charge in [0.1, 0.15) is 11.5 Å². The van der Waals surface area contributed by atoms with Crippen molar-refractivity contribution in [1.29, 1.82) is 0 Å². The van der Waals surface area contributed by atoms with E-state index in [1.807, 2.05) is 54.1 Å². The zero-order chi connectivity index (χ0) is 21.6. The number of hydrogen-bond acceptors (Lipinski definition) is 3. The van der Waals surface area contributed by atoms with Gasteiger partial charge in [-0.3, -0.25) is 4.68 Å². The lowest BCUT2D eigenvalue weighted by Crippen LogP contribution is -2.39. The molecule has 1 saturated carbocycles. The Kier molecular flexibility index (Phi) is 6.87. The summed E-state index contributed by atoms with van der Waals surface area (Å²) in [5, 5.41) is 12.3. The van der Waals surface area contributed by atoms with Gasteiger partial charge in [0, 0.05) is 6.04 Å². The first-order chi connectivity index (χ1) is 15.1. The Morgan fingerprint density at radius 1 is 1.03 bits per heavy atom. The molecule has 5 nitrogen and oxygen atoms in total. The molecule has 0 radical (unpaired) electrons. The number of benzene rings is 2. The average Bonchev–Trinajstić information content (AvgIpc) is 3.03. The minimum Gasteiger partial charge on any atom is -0.457 e. The van der Waals surface area contributed by atoms with Crippen molar-refractivity contribution in [2.75, 3.05) is 5.32 Å². The summed E-state index contributed by atoms with van der Waals surface area (Å²) in [6, 6.07) is 18.5. The van der Waals surface area contributed by atoms with Crippen LogP contribution >= 0.6 is 12.2 Å². The Balaban J connectivity index is 1.42. The summed E-state index contributed by atoms with van der Waals surface area (Å²) in [6.07, 6.45) is 6.29. The van der Waals surface area contributed by atoms with E-state index in [0.29, 0.717) is 17.7 Å². The van der Waals surface area contributed by atoms with E-state index in [1.54, 1.807) is 0 Å². The molecule has 2 N–H and O–H groups in total. The van der Waals surface area contributed by atoms with Gasteiger partial charge in [0.2, 0.25) is 0 Å². The molecule has 0 spiro atoms. The fourth-order valence-electron chi connectivity index (χ4n) is 4.12. The van der Waals surface area contributed by atoms with Gasteiger partial charge in [0.25, 0.3) is 0 Å². The molecule has 1 aliphatic carbocycles. The van der Waals surface area contributed by atoms with Gasteiger partial charge in [0.15, 0.2) is 5.11 Å². The van der Waals surface area contributed by atoms with Gasteiger partial charge in [-0.2, -0.15) is 5.10 Å². The number of aryl methyl sites for hydroxylation is 1. The molecule has 1 aromatic heterocycles. The van der Waals surface area contributed by atoms with Crippen molar-refractivity contribution in [3.63, 3.8) is 0 Å². The molecule has 162 valence electrons. The first kappa shape index (κ1) is 21.4. The number of aromatic nitrogens is 2. The summed E-state index contributed by atoms with van der Waals surface area (Å²) in [5.41, 5.74) is 4.14. The maximum atomic E-state index is 5.97. The van der Waals surface area contributed by atoms with E-state index >= 15 is 0 Å². The van der Waals surface area contributed by atoms with Crippen molar-refractivity contribution in [3.05, 3.63) is 71.5 Å². The van der Waals surface area contributed by atoms with Gasteiger partial charge in [-0.05, 0) is 68.7 Å². The number of nitrogens with one attached hydrogen (secondary N) is 2. The van der Waals surface area contributed by atoms with Crippen molar-refractivity contribution in [3.8, 4) is 11.5 Å². The molecule has 0 aliphatic heterocycles. The Hall–Kier alpha value is -2.86. The Bertz CT molecular complexity index is 1030. The molecule has 0 bridgehead atoms. The van der Waals surface area contributed by atoms with Gasteiger partial charge in [-0.1, -0.05) is 49.6 Å². The number of rotatable bonds is 6. The highest BCUT2D eigenvalue weighted by molar-refractivity contribution is 7.80. The summed E-state index contributed by atoms with van der Waals surface area (Å²) in [7, 11) is 0. The summed E-state index contributed by atoms with van der Waals surface area (Å²) >= 11 is 5.58. The molecular formula is C25H30N4OS. The minimum absolute atomic E-state index is 0.483. The third kappa shape index (κ3) is 5.64. The monoisotopic (exact) mass is 434 g/mol. The highest BCUT2D eigenvalue weighted by Gasteiger charge is 2.17. The van der Waals surface area contributed by atoms with Crippen LogP contribution in [-0.2, 0) is 6.54 Å². The van der Waals surface area contributed by atoms with Crippen LogP contribution in [0.15, 0.2) is 54.6 Å². The van der Waals surface area contributed by atoms with Crippen LogP contribution in [0.5, 0.6) is 11.5 Å². The lowest BCUT2D eigenvalue weighted by atomic mass is 9.96. The molecule has 6 heteroatoms. The predicted molar refractivity (Wildman–Crippen MR) is 130 cm³/mol. The predicted octanol–water partition coefficient (Wildman–Crippen LogP) is 5.96. The van der Waals surface area contributed by atoms with E-state index in [0.717, 1.165) is 34.1 Å². The number of thiocarbonyl (C=S) groups is 1. The number of nitrogens with zero attached hydrogens (tertiary/aromatic N) is 2. The highest BCUT2D eigenvalue weighted by atomic mass is 32.1. The number of ether oxygens (including phenoxy) is 1. The van der Waals surface area contributed by atoms with E-state index in [4.69, 9.17) is 22.1 Å². The van der Waals surface area contributed by atoms with Gasteiger partial charge < -0.3 is 15.4 Å². The molecular weight excluding hydrogens is 404 g/mol. The summed E-state index contributed by atoms with van der Waals surface area (Å²) in [5.74, 6) is 1.65. The van der Waals surface area contributed by atoms with Crippen molar-refractivity contribution >= 4 is 23.0 Å². The third-order valence-electron chi connectivity index (χ3n) is 5.77. The minimum atomic E-state index is 0.483. The Morgan fingerprint density at radius 3 is 2.55 bits per heavy atom. The topological polar surface area (TPSA) is 51.1 Å². The average molecular weight is 435 g/mol. The molecule has 0 unspecified atom stereocenters. The fourth-order valence-corrected chi connectivity index (χ4v) is 4.39. The van der Waals surface area contributed by atoms with Crippen LogP contribution in [0.4, 0.5) is 5.69 Å². The largest absolute Gasteiger partial charge is 0.457 e. The molecule has 0 amide bonds. The molecule has 1 aliphatic rings. The Labute approximate surface area is 189 Å². The van der Waals surface area contributed by atoms with Gasteiger partial charge in [0.05, 0.1) is 23.6 Å². The number of anilines is 1. The molecule has 0 saturated heterocycles. The highest BCUT2D eigenvalue weighted by Crippen LogP contribution is 2.24. The van der Waals surface area contributed by atoms with Crippen LogP contribution < -0.4 is 15.4 Å². The fraction of sp³-hybridized carbons (Fsp3) is 0.360. The van der Waals surface area contributed by atoms with Crippen LogP contribution in [-0.4, -0.2) is 20.9 Å². The SMILES string of the molecule is Cc1nn(Cc2cccc(Oc3ccccc3)c2)c(C)c1NC(=S)NC1CCCCC1. The van der Waals surface area contributed by atoms with Crippen molar-refractivity contribution in [2.45, 2.75) is 58.5 Å². The van der Waals surface area contributed by atoms with Crippen LogP contribution in [0.2, 0.25) is 0 Å². The first-order valence-corrected chi connectivity index (χ1v) is 11.4. The molecule has 0 atom stereocenters. The zero-order valence-electron chi connectivity index (χ0n) is 18.2. The lowest BCUT2D eigenvalue weighted by Gasteiger charge is -2.24. The maximum Gasteiger partial charge on any atom is 0.171 e. The van der Waals surface area contributed by atoms with Gasteiger partial charge in [-0.15, -0.1) is 0 Å². The molecule has 4 rings (SSSR count). The van der Waals surface area contributed by atoms with Crippen LogP contribution in [0.3, 0.4) is 0 Å². The van der Waals surface area contributed by atoms with E-state index in [1.165, 1.54) is 32.1 Å². The van der Waals surface area contributed by atoms with Gasteiger partial charge in [-0.25, -0.2) is 0 Å². The van der Waals surface area contributed by atoms with E-state index in [2.05, 4.69) is 29.7 Å². The van der Waals surface area contributed by atoms with Crippen molar-refractivity contribution in [2.24, 2.45) is 0 Å². The van der Waals surface area contributed by atoms with Crippen LogP contribution in [0.25, 0.3) is 0 Å². The number of hydrogen-bond donors (Lipinski definition) is 2. The molecule has 1 fully saturated rings. The number of para-hydroxylation sites is 1. The molecule has 2 aromatic carbocycles. The summed E-state index contributed by atoms with van der Waals surface area (Å²) < 4.78 is 7.99. The standard InChI is InChI=1S/C25H30N4OS/c1-18-24(27-25(31)26-21-11-5-3-6-12-21)19(2)29(28-18)17-20-10-9-15-23(16-20)30-22-13-7-4-8-14-22/h4,7-10,13-16,21H,3,5-6,11-12,17H2,1-2H3,(H2,26,27,31). The van der Waals surface area contributed by atoms with E-state index < -0.39 is 0 Å². The smallest absolute Gasteiger partial charge is 0.171 e. The molecule has 31 heavy (non-hydrogen) atoms. The zero-order valence-corrected chi connectivity index (χ0v) is 19.0. The second-order valence-electron chi connectivity index (χ2n) is 8.20. The second kappa shape index (κ2) is 9.96. The van der Waals surface area contributed by atoms with Gasteiger partial charge >= 0.3 is 0 Å². The van der Waals surface area contributed by atoms with Crippen LogP contribution in [0, 0.1) is 13.8 Å². The second-order valence-corrected chi connectivity index (χ2v) is 8.61. The van der Waals surface area contributed by atoms with Crippen LogP contribution in [0.1, 0.15) is 49.1 Å². The van der Waals surface area contributed by atoms with Crippen molar-refractivity contribution in [1.82, 2.24) is 15.1 Å². The first-order valence-electron chi connectivity index (χ1n) is 11.0. The van der Waals surface area contributed by atoms with Crippen molar-refractivity contribution < 1.29 is 4.74 Å². The Morgan fingerprint density at radius 2 is 1.77 bits per heavy atom. The molecule has 3 aromatic rings. The van der Waals surface area contributed by atoms with E-state index in [9.17, 15) is 0 Å². The maximum absolute atomic E-state index is 5.97. The quantitative estimate of drug-likeness (QED) is 0.469. The van der Waals surface area contributed by atoms with E-state index in [-0.39, 0.29) is 0 Å². The molecule has 1 heterocycles. The normalized spacial score (nSPS) is 14.3. The lowest BCUT2D eigenvalue weighted by molar-refractivity contribution is 0.415. The summed E-state index contributed by atoms with van der Waals surface area (Å²) in [4.78, 5) is 0. The summed E-state index contributed by atoms with van der Waals surface area (Å²) in [6.45, 7) is 4.77. The third-order valence-corrected chi connectivity index (χ3v) is 5.99.